The van der Waals surface area contributed by atoms with Crippen molar-refractivity contribution in [3.63, 3.8) is 0 Å². The largest absolute Gasteiger partial charge is 0.330 e. The molecule has 2 aromatic heterocycles. The van der Waals surface area contributed by atoms with Crippen LogP contribution in [0.15, 0.2) is 32.8 Å². The van der Waals surface area contributed by atoms with Crippen molar-refractivity contribution in [3.05, 3.63) is 56.5 Å². The van der Waals surface area contributed by atoms with Crippen molar-refractivity contribution in [2.75, 3.05) is 5.32 Å². The number of amides is 1. The van der Waals surface area contributed by atoms with Crippen molar-refractivity contribution in [2.45, 2.75) is 54.8 Å². The van der Waals surface area contributed by atoms with Gasteiger partial charge in [-0.1, -0.05) is 11.8 Å². The van der Waals surface area contributed by atoms with Gasteiger partial charge in [0.05, 0.1) is 5.25 Å². The lowest BCUT2D eigenvalue weighted by Crippen LogP contribution is -2.31. The Morgan fingerprint density at radius 2 is 1.94 bits per heavy atom. The highest BCUT2D eigenvalue weighted by atomic mass is 32.2. The lowest BCUT2D eigenvalue weighted by atomic mass is 10.3. The third-order valence-corrected chi connectivity index (χ3v) is 6.55. The predicted molar refractivity (Wildman–Crippen MR) is 115 cm³/mol. The van der Waals surface area contributed by atoms with Crippen LogP contribution < -0.4 is 16.6 Å². The number of aromatic amines is 1. The molecule has 2 aliphatic carbocycles. The fourth-order valence-electron chi connectivity index (χ4n) is 3.45. The number of carbonyl (C=O) groups excluding carboxylic acids is 1. The summed E-state index contributed by atoms with van der Waals surface area (Å²) >= 11 is 1.06. The number of hydrogen-bond donors (Lipinski definition) is 2. The molecular formula is C21H19F2N5O3S. The normalized spacial score (nSPS) is 16.8. The molecule has 2 heterocycles. The number of fused-ring (bicyclic) bond motifs is 1. The van der Waals surface area contributed by atoms with Gasteiger partial charge in [0.15, 0.2) is 17.3 Å². The molecule has 3 aromatic rings. The Kier molecular flexibility index (Phi) is 5.07. The fourth-order valence-corrected chi connectivity index (χ4v) is 4.40. The Bertz CT molecular complexity index is 1360. The predicted octanol–water partition coefficient (Wildman–Crippen LogP) is 3.09. The van der Waals surface area contributed by atoms with Crippen molar-refractivity contribution in [1.82, 2.24) is 19.5 Å². The molecule has 32 heavy (non-hydrogen) atoms. The minimum Gasteiger partial charge on any atom is -0.325 e. The summed E-state index contributed by atoms with van der Waals surface area (Å²) in [7, 11) is 0. The van der Waals surface area contributed by atoms with Crippen LogP contribution in [-0.4, -0.2) is 30.7 Å². The summed E-state index contributed by atoms with van der Waals surface area (Å²) in [5, 5.41) is 2.33. The number of hydrogen-bond acceptors (Lipinski definition) is 6. The molecule has 0 aliphatic heterocycles. The molecule has 8 nitrogen and oxygen atoms in total. The Hall–Kier alpha value is -3.08. The molecule has 1 unspecified atom stereocenters. The number of aromatic nitrogens is 4. The molecule has 2 saturated carbocycles. The van der Waals surface area contributed by atoms with E-state index in [0.29, 0.717) is 16.5 Å². The van der Waals surface area contributed by atoms with Gasteiger partial charge in [-0.25, -0.2) is 23.5 Å². The van der Waals surface area contributed by atoms with Gasteiger partial charge in [-0.15, -0.1) is 0 Å². The monoisotopic (exact) mass is 459 g/mol. The van der Waals surface area contributed by atoms with E-state index in [4.69, 9.17) is 0 Å². The molecule has 5 rings (SSSR count). The van der Waals surface area contributed by atoms with E-state index in [0.717, 1.165) is 49.6 Å². The zero-order valence-electron chi connectivity index (χ0n) is 17.0. The van der Waals surface area contributed by atoms with Crippen LogP contribution in [0.1, 0.15) is 50.4 Å². The highest BCUT2D eigenvalue weighted by Crippen LogP contribution is 2.41. The molecule has 2 fully saturated rings. The van der Waals surface area contributed by atoms with Gasteiger partial charge in [0.1, 0.15) is 16.2 Å². The number of nitrogens with one attached hydrogen (secondary N) is 2. The molecule has 166 valence electrons. The molecule has 0 bridgehead atoms. The lowest BCUT2D eigenvalue weighted by Gasteiger charge is -2.15. The summed E-state index contributed by atoms with van der Waals surface area (Å²) in [6.07, 6.45) is 3.52. The lowest BCUT2D eigenvalue weighted by molar-refractivity contribution is -0.115. The molecule has 0 saturated heterocycles. The van der Waals surface area contributed by atoms with Crippen LogP contribution in [0.3, 0.4) is 0 Å². The first-order chi connectivity index (χ1) is 15.3. The summed E-state index contributed by atoms with van der Waals surface area (Å²) in [5.41, 5.74) is -0.674. The van der Waals surface area contributed by atoms with Crippen LogP contribution in [-0.2, 0) is 4.79 Å². The van der Waals surface area contributed by atoms with Gasteiger partial charge in [0.25, 0.3) is 5.56 Å². The summed E-state index contributed by atoms with van der Waals surface area (Å²) in [6, 6.07) is 3.09. The maximum atomic E-state index is 13.4. The van der Waals surface area contributed by atoms with Crippen molar-refractivity contribution >= 4 is 34.4 Å². The van der Waals surface area contributed by atoms with Gasteiger partial charge in [-0.2, -0.15) is 0 Å². The van der Waals surface area contributed by atoms with Gasteiger partial charge < -0.3 is 5.32 Å². The Morgan fingerprint density at radius 3 is 2.59 bits per heavy atom. The number of benzene rings is 1. The number of rotatable bonds is 6. The zero-order valence-corrected chi connectivity index (χ0v) is 17.8. The summed E-state index contributed by atoms with van der Waals surface area (Å²) in [4.78, 5) is 49.3. The number of nitrogens with zero attached hydrogens (tertiary/aromatic N) is 3. The van der Waals surface area contributed by atoms with Crippen molar-refractivity contribution in [3.8, 4) is 0 Å². The molecule has 1 aromatic carbocycles. The highest BCUT2D eigenvalue weighted by molar-refractivity contribution is 8.00. The van der Waals surface area contributed by atoms with E-state index < -0.39 is 34.0 Å². The van der Waals surface area contributed by atoms with Crippen molar-refractivity contribution in [1.29, 1.82) is 0 Å². The quantitative estimate of drug-likeness (QED) is 0.433. The Morgan fingerprint density at radius 1 is 1.19 bits per heavy atom. The minimum absolute atomic E-state index is 0.00394. The van der Waals surface area contributed by atoms with Crippen LogP contribution in [0, 0.1) is 11.6 Å². The average molecular weight is 459 g/mol. The third kappa shape index (κ3) is 3.92. The van der Waals surface area contributed by atoms with E-state index in [-0.39, 0.29) is 23.0 Å². The second-order valence-electron chi connectivity index (χ2n) is 8.10. The number of H-pyrrole nitrogens is 1. The third-order valence-electron chi connectivity index (χ3n) is 5.47. The highest BCUT2D eigenvalue weighted by Gasteiger charge is 2.33. The molecule has 1 amide bonds. The molecule has 11 heteroatoms. The van der Waals surface area contributed by atoms with E-state index in [1.54, 1.807) is 6.92 Å². The van der Waals surface area contributed by atoms with Crippen molar-refractivity contribution in [2.24, 2.45) is 0 Å². The molecule has 0 spiro atoms. The summed E-state index contributed by atoms with van der Waals surface area (Å²) in [5.74, 6) is -1.80. The van der Waals surface area contributed by atoms with Crippen LogP contribution in [0.5, 0.6) is 0 Å². The molecular weight excluding hydrogens is 440 g/mol. The standard InChI is InChI=1S/C21H19F2N5O3S/c1-9(18(29)24-11-4-7-13(22)14(23)8-11)32-20-15-17(25-16(26-20)10-2-3-10)28(12-5-6-12)21(31)27-19(15)30/h4,7-10,12H,2-3,5-6H2,1H3,(H,24,29)(H,27,30,31). The van der Waals surface area contributed by atoms with Crippen LogP contribution in [0.4, 0.5) is 14.5 Å². The Balaban J connectivity index is 1.51. The number of halogens is 2. The van der Waals surface area contributed by atoms with E-state index in [2.05, 4.69) is 20.3 Å². The van der Waals surface area contributed by atoms with E-state index in [1.807, 2.05) is 0 Å². The smallest absolute Gasteiger partial charge is 0.325 e. The molecule has 2 N–H and O–H groups in total. The number of thioether (sulfide) groups is 1. The van der Waals surface area contributed by atoms with Gasteiger partial charge >= 0.3 is 5.69 Å². The first kappa shape index (κ1) is 20.8. The zero-order chi connectivity index (χ0) is 22.6. The fraction of sp³-hybridized carbons (Fsp3) is 0.381. The second-order valence-corrected chi connectivity index (χ2v) is 9.43. The molecule has 2 aliphatic rings. The van der Waals surface area contributed by atoms with Crippen LogP contribution in [0.25, 0.3) is 11.0 Å². The topological polar surface area (TPSA) is 110 Å². The average Bonchev–Trinajstić information content (AvgIpc) is 3.63. The summed E-state index contributed by atoms with van der Waals surface area (Å²) < 4.78 is 28.1. The van der Waals surface area contributed by atoms with Gasteiger partial charge in [0, 0.05) is 23.7 Å². The summed E-state index contributed by atoms with van der Waals surface area (Å²) in [6.45, 7) is 1.62. The SMILES string of the molecule is CC(Sc1nc(C2CC2)nc2c1c(=O)[nH]c(=O)n2C1CC1)C(=O)Nc1ccc(F)c(F)c1. The first-order valence-corrected chi connectivity index (χ1v) is 11.2. The van der Waals surface area contributed by atoms with E-state index in [9.17, 15) is 23.2 Å². The first-order valence-electron chi connectivity index (χ1n) is 10.3. The van der Waals surface area contributed by atoms with Crippen molar-refractivity contribution < 1.29 is 13.6 Å². The van der Waals surface area contributed by atoms with E-state index in [1.165, 1.54) is 10.6 Å². The van der Waals surface area contributed by atoms with Crippen LogP contribution in [0.2, 0.25) is 0 Å². The minimum atomic E-state index is -1.07. The second kappa shape index (κ2) is 7.80. The van der Waals surface area contributed by atoms with Gasteiger partial charge in [0.2, 0.25) is 5.91 Å². The number of carbonyl (C=O) groups is 1. The Labute approximate surface area is 184 Å². The number of anilines is 1. The molecule has 0 radical (unpaired) electrons. The maximum absolute atomic E-state index is 13.4. The van der Waals surface area contributed by atoms with E-state index >= 15 is 0 Å². The molecule has 1 atom stereocenters. The van der Waals surface area contributed by atoms with Gasteiger partial charge in [-0.3, -0.25) is 19.1 Å². The van der Waals surface area contributed by atoms with Gasteiger partial charge in [-0.05, 0) is 44.7 Å². The van der Waals surface area contributed by atoms with Crippen LogP contribution >= 0.6 is 11.8 Å². The maximum Gasteiger partial charge on any atom is 0.330 e.